The minimum Gasteiger partial charge on any atom is -0.145 e. The fourth-order valence-electron chi connectivity index (χ4n) is 1.39. The van der Waals surface area contributed by atoms with Gasteiger partial charge in [0.25, 0.3) is 0 Å². The molecule has 0 bridgehead atoms. The van der Waals surface area contributed by atoms with Gasteiger partial charge in [0.2, 0.25) is 0 Å². The van der Waals surface area contributed by atoms with Crippen LogP contribution < -0.4 is 0 Å². The lowest BCUT2D eigenvalue weighted by molar-refractivity contribution is 0.358. The van der Waals surface area contributed by atoms with Gasteiger partial charge < -0.3 is 0 Å². The Labute approximate surface area is 96.3 Å². The summed E-state index contributed by atoms with van der Waals surface area (Å²) in [5.41, 5.74) is 0.275. The van der Waals surface area contributed by atoms with Gasteiger partial charge in [-0.2, -0.15) is 0 Å². The van der Waals surface area contributed by atoms with Crippen LogP contribution in [0.2, 0.25) is 0 Å². The summed E-state index contributed by atoms with van der Waals surface area (Å²) in [6.07, 6.45) is 3.42. The van der Waals surface area contributed by atoms with Crippen LogP contribution in [-0.2, 0) is 12.8 Å². The maximum Gasteiger partial charge on any atom is 0.0280 e. The molecule has 0 fully saturated rings. The summed E-state index contributed by atoms with van der Waals surface area (Å²) in [4.78, 5) is 2.96. The Bertz CT molecular complexity index is 274. The van der Waals surface area contributed by atoms with Crippen molar-refractivity contribution in [1.82, 2.24) is 0 Å². The molecule has 1 aromatic heterocycles. The molecule has 0 amide bonds. The normalized spacial score (nSPS) is 15.4. The van der Waals surface area contributed by atoms with E-state index in [1.807, 2.05) is 11.3 Å². The van der Waals surface area contributed by atoms with Crippen LogP contribution in [-0.4, -0.2) is 5.88 Å². The highest BCUT2D eigenvalue weighted by Gasteiger charge is 2.21. The van der Waals surface area contributed by atoms with Gasteiger partial charge in [-0.05, 0) is 36.8 Å². The molecule has 1 unspecified atom stereocenters. The van der Waals surface area contributed by atoms with Gasteiger partial charge in [0.1, 0.15) is 0 Å². The summed E-state index contributed by atoms with van der Waals surface area (Å²) >= 11 is 7.94. The van der Waals surface area contributed by atoms with E-state index in [4.69, 9.17) is 11.6 Å². The van der Waals surface area contributed by atoms with Crippen LogP contribution in [0.15, 0.2) is 12.1 Å². The van der Waals surface area contributed by atoms with E-state index in [-0.39, 0.29) is 5.41 Å². The molecule has 0 nitrogen and oxygen atoms in total. The number of alkyl halides is 1. The molecule has 0 saturated carbocycles. The number of thiophene rings is 1. The molecular formula is C12H19ClS. The highest BCUT2D eigenvalue weighted by Crippen LogP contribution is 2.31. The number of aryl methyl sites for hydroxylation is 1. The molecule has 0 N–H and O–H groups in total. The van der Waals surface area contributed by atoms with Crippen molar-refractivity contribution in [2.45, 2.75) is 40.0 Å². The molecule has 0 aliphatic rings. The summed E-state index contributed by atoms with van der Waals surface area (Å²) in [6.45, 7) is 6.69. The van der Waals surface area contributed by atoms with Gasteiger partial charge in [-0.1, -0.05) is 20.8 Å². The van der Waals surface area contributed by atoms with Gasteiger partial charge in [0.15, 0.2) is 0 Å². The first-order valence-electron chi connectivity index (χ1n) is 5.27. The molecule has 1 atom stereocenters. The number of hydrogen-bond acceptors (Lipinski definition) is 1. The molecule has 0 aliphatic carbocycles. The molecule has 1 heterocycles. The van der Waals surface area contributed by atoms with Crippen LogP contribution in [0.1, 0.15) is 36.9 Å². The topological polar surface area (TPSA) is 0 Å². The van der Waals surface area contributed by atoms with Gasteiger partial charge >= 0.3 is 0 Å². The van der Waals surface area contributed by atoms with Crippen molar-refractivity contribution in [2.75, 3.05) is 5.88 Å². The maximum absolute atomic E-state index is 6.00. The van der Waals surface area contributed by atoms with Crippen LogP contribution in [0.5, 0.6) is 0 Å². The predicted octanol–water partition coefficient (Wildman–Crippen LogP) is 4.51. The molecule has 1 rings (SSSR count). The van der Waals surface area contributed by atoms with E-state index in [1.165, 1.54) is 9.75 Å². The van der Waals surface area contributed by atoms with E-state index in [2.05, 4.69) is 32.9 Å². The minimum atomic E-state index is 0.275. The van der Waals surface area contributed by atoms with Gasteiger partial charge in [0.05, 0.1) is 0 Å². The largest absolute Gasteiger partial charge is 0.145 e. The quantitative estimate of drug-likeness (QED) is 0.653. The van der Waals surface area contributed by atoms with Crippen molar-refractivity contribution < 1.29 is 0 Å². The molecular weight excluding hydrogens is 212 g/mol. The molecule has 0 aromatic carbocycles. The fraction of sp³-hybridized carbons (Fsp3) is 0.667. The highest BCUT2D eigenvalue weighted by atomic mass is 35.5. The first-order chi connectivity index (χ1) is 6.63. The second-order valence-electron chi connectivity index (χ2n) is 4.20. The van der Waals surface area contributed by atoms with Crippen molar-refractivity contribution in [3.05, 3.63) is 21.9 Å². The zero-order valence-electron chi connectivity index (χ0n) is 9.27. The van der Waals surface area contributed by atoms with Crippen LogP contribution >= 0.6 is 22.9 Å². The lowest BCUT2D eigenvalue weighted by atomic mass is 9.86. The molecule has 0 saturated heterocycles. The molecule has 0 aliphatic heterocycles. The molecule has 14 heavy (non-hydrogen) atoms. The Hall–Kier alpha value is -0.0100. The third-order valence-electron chi connectivity index (χ3n) is 2.84. The Morgan fingerprint density at radius 1 is 1.29 bits per heavy atom. The van der Waals surface area contributed by atoms with Crippen LogP contribution in [0.3, 0.4) is 0 Å². The Balaban J connectivity index is 2.67. The maximum atomic E-state index is 6.00. The zero-order valence-corrected chi connectivity index (χ0v) is 10.8. The van der Waals surface area contributed by atoms with Gasteiger partial charge in [-0.15, -0.1) is 22.9 Å². The number of halogens is 1. The van der Waals surface area contributed by atoms with Crippen molar-refractivity contribution in [1.29, 1.82) is 0 Å². The molecule has 1 aromatic rings. The Kier molecular flexibility index (Phi) is 4.46. The van der Waals surface area contributed by atoms with Gasteiger partial charge in [-0.3, -0.25) is 0 Å². The SMILES string of the molecule is CCc1ccc(CC(C)(CC)CCl)s1. The molecule has 0 spiro atoms. The fourth-order valence-corrected chi connectivity index (χ4v) is 2.85. The van der Waals surface area contributed by atoms with Crippen molar-refractivity contribution in [3.8, 4) is 0 Å². The van der Waals surface area contributed by atoms with Crippen molar-refractivity contribution >= 4 is 22.9 Å². The second-order valence-corrected chi connectivity index (χ2v) is 5.72. The van der Waals surface area contributed by atoms with Crippen molar-refractivity contribution in [2.24, 2.45) is 5.41 Å². The number of hydrogen-bond donors (Lipinski definition) is 0. The van der Waals surface area contributed by atoms with E-state index in [9.17, 15) is 0 Å². The van der Waals surface area contributed by atoms with E-state index >= 15 is 0 Å². The third-order valence-corrected chi connectivity index (χ3v) is 4.72. The lowest BCUT2D eigenvalue weighted by Crippen LogP contribution is -2.19. The number of rotatable bonds is 5. The van der Waals surface area contributed by atoms with E-state index in [0.717, 1.165) is 25.1 Å². The van der Waals surface area contributed by atoms with Crippen molar-refractivity contribution in [3.63, 3.8) is 0 Å². The summed E-state index contributed by atoms with van der Waals surface area (Å²) in [6, 6.07) is 4.49. The predicted molar refractivity (Wildman–Crippen MR) is 66.5 cm³/mol. The molecule has 80 valence electrons. The summed E-state index contributed by atoms with van der Waals surface area (Å²) in [7, 11) is 0. The Morgan fingerprint density at radius 3 is 2.36 bits per heavy atom. The van der Waals surface area contributed by atoms with Gasteiger partial charge in [0, 0.05) is 15.6 Å². The summed E-state index contributed by atoms with van der Waals surface area (Å²) < 4.78 is 0. The summed E-state index contributed by atoms with van der Waals surface area (Å²) in [5.74, 6) is 0.753. The van der Waals surface area contributed by atoms with E-state index in [0.29, 0.717) is 0 Å². The minimum absolute atomic E-state index is 0.275. The smallest absolute Gasteiger partial charge is 0.0280 e. The van der Waals surface area contributed by atoms with E-state index < -0.39 is 0 Å². The monoisotopic (exact) mass is 230 g/mol. The van der Waals surface area contributed by atoms with E-state index in [1.54, 1.807) is 0 Å². The molecule has 2 heteroatoms. The third kappa shape index (κ3) is 2.99. The lowest BCUT2D eigenvalue weighted by Gasteiger charge is -2.24. The average molecular weight is 231 g/mol. The second kappa shape index (κ2) is 5.18. The first kappa shape index (κ1) is 12.1. The highest BCUT2D eigenvalue weighted by molar-refractivity contribution is 7.11. The van der Waals surface area contributed by atoms with Gasteiger partial charge in [-0.25, -0.2) is 0 Å². The molecule has 0 radical (unpaired) electrons. The average Bonchev–Trinajstić information content (AvgIpc) is 2.65. The first-order valence-corrected chi connectivity index (χ1v) is 6.62. The van der Waals surface area contributed by atoms with Crippen LogP contribution in [0, 0.1) is 5.41 Å². The van der Waals surface area contributed by atoms with Crippen LogP contribution in [0.25, 0.3) is 0 Å². The summed E-state index contributed by atoms with van der Waals surface area (Å²) in [5, 5.41) is 0. The standard InChI is InChI=1S/C12H19ClS/c1-4-10-6-7-11(14-10)8-12(3,5-2)9-13/h6-7H,4-5,8-9H2,1-3H3. The zero-order chi connectivity index (χ0) is 10.6. The Morgan fingerprint density at radius 2 is 1.93 bits per heavy atom. The van der Waals surface area contributed by atoms with Crippen LogP contribution in [0.4, 0.5) is 0 Å².